The van der Waals surface area contributed by atoms with Crippen LogP contribution in [-0.4, -0.2) is 10.9 Å². The number of hydrogen-bond donors (Lipinski definition) is 1. The van der Waals surface area contributed by atoms with Crippen LogP contribution in [0.5, 0.6) is 0 Å². The maximum absolute atomic E-state index is 11.7. The predicted octanol–water partition coefficient (Wildman–Crippen LogP) is 3.45. The molecule has 1 amide bonds. The molecule has 0 saturated heterocycles. The van der Waals surface area contributed by atoms with Crippen molar-refractivity contribution in [1.29, 1.82) is 0 Å². The number of carbonyl (C=O) groups excluding carboxylic acids is 1. The quantitative estimate of drug-likeness (QED) is 0.848. The van der Waals surface area contributed by atoms with E-state index in [0.29, 0.717) is 15.9 Å². The fourth-order valence-electron chi connectivity index (χ4n) is 1.10. The van der Waals surface area contributed by atoms with Crippen molar-refractivity contribution in [3.8, 4) is 0 Å². The van der Waals surface area contributed by atoms with Gasteiger partial charge in [-0.05, 0) is 44.0 Å². The zero-order chi connectivity index (χ0) is 11.5. The highest BCUT2D eigenvalue weighted by atomic mass is 79.9. The van der Waals surface area contributed by atoms with Crippen LogP contribution in [0.3, 0.4) is 0 Å². The second kappa shape index (κ2) is 4.80. The van der Waals surface area contributed by atoms with E-state index in [4.69, 9.17) is 4.42 Å². The molecule has 0 aliphatic rings. The molecular formula is C10H6Br2N2O2. The number of halogens is 2. The normalized spacial score (nSPS) is 10.1. The molecular weight excluding hydrogens is 340 g/mol. The third kappa shape index (κ3) is 2.51. The number of anilines is 1. The minimum atomic E-state index is -0.241. The Hall–Kier alpha value is -1.14. The van der Waals surface area contributed by atoms with Gasteiger partial charge in [0.05, 0.1) is 17.5 Å². The molecule has 0 spiro atoms. The highest BCUT2D eigenvalue weighted by molar-refractivity contribution is 9.11. The van der Waals surface area contributed by atoms with Gasteiger partial charge < -0.3 is 9.73 Å². The van der Waals surface area contributed by atoms with Crippen molar-refractivity contribution in [2.24, 2.45) is 0 Å². The van der Waals surface area contributed by atoms with E-state index in [0.717, 1.165) is 4.47 Å². The number of pyridine rings is 1. The molecule has 2 aromatic heterocycles. The van der Waals surface area contributed by atoms with Crippen molar-refractivity contribution in [3.05, 3.63) is 45.5 Å². The fraction of sp³-hybridized carbons (Fsp3) is 0. The summed E-state index contributed by atoms with van der Waals surface area (Å²) in [5.41, 5.74) is 1.06. The second-order valence-electron chi connectivity index (χ2n) is 2.96. The molecule has 2 rings (SSSR count). The summed E-state index contributed by atoms with van der Waals surface area (Å²) in [5, 5.41) is 2.72. The van der Waals surface area contributed by atoms with Crippen LogP contribution in [0.1, 0.15) is 10.4 Å². The van der Waals surface area contributed by atoms with Gasteiger partial charge in [0, 0.05) is 10.7 Å². The van der Waals surface area contributed by atoms with E-state index in [2.05, 4.69) is 42.2 Å². The van der Waals surface area contributed by atoms with E-state index in [1.807, 2.05) is 0 Å². The van der Waals surface area contributed by atoms with E-state index in [1.165, 1.54) is 12.5 Å². The molecule has 0 bridgehead atoms. The van der Waals surface area contributed by atoms with Gasteiger partial charge in [-0.1, -0.05) is 0 Å². The summed E-state index contributed by atoms with van der Waals surface area (Å²) in [7, 11) is 0. The van der Waals surface area contributed by atoms with E-state index < -0.39 is 0 Å². The first kappa shape index (κ1) is 11.3. The first-order valence-electron chi connectivity index (χ1n) is 4.31. The maximum Gasteiger partial charge on any atom is 0.258 e. The van der Waals surface area contributed by atoms with Gasteiger partial charge in [0.2, 0.25) is 0 Å². The Morgan fingerprint density at radius 2 is 2.25 bits per heavy atom. The first-order valence-corrected chi connectivity index (χ1v) is 5.90. The summed E-state index contributed by atoms with van der Waals surface area (Å²) in [4.78, 5) is 15.7. The largest absolute Gasteiger partial charge is 0.472 e. The Bertz CT molecular complexity index is 512. The van der Waals surface area contributed by atoms with Crippen LogP contribution in [0.4, 0.5) is 5.69 Å². The van der Waals surface area contributed by atoms with Crippen molar-refractivity contribution in [2.75, 3.05) is 5.32 Å². The van der Waals surface area contributed by atoms with Gasteiger partial charge in [-0.25, -0.2) is 4.98 Å². The molecule has 0 aliphatic heterocycles. The number of carbonyl (C=O) groups is 1. The van der Waals surface area contributed by atoms with Gasteiger partial charge in [-0.2, -0.15) is 0 Å². The summed E-state index contributed by atoms with van der Waals surface area (Å²) in [6, 6.07) is 3.35. The monoisotopic (exact) mass is 344 g/mol. The minimum Gasteiger partial charge on any atom is -0.472 e. The molecule has 1 N–H and O–H groups in total. The molecule has 0 aliphatic carbocycles. The number of amides is 1. The third-order valence-corrected chi connectivity index (χ3v) is 2.90. The van der Waals surface area contributed by atoms with Crippen molar-refractivity contribution in [3.63, 3.8) is 0 Å². The molecule has 2 aromatic rings. The van der Waals surface area contributed by atoms with Gasteiger partial charge in [0.15, 0.2) is 0 Å². The molecule has 4 nitrogen and oxygen atoms in total. The average Bonchev–Trinajstić information content (AvgIpc) is 2.76. The molecule has 16 heavy (non-hydrogen) atoms. The van der Waals surface area contributed by atoms with Crippen LogP contribution in [0.2, 0.25) is 0 Å². The van der Waals surface area contributed by atoms with Gasteiger partial charge in [-0.15, -0.1) is 0 Å². The number of aromatic nitrogens is 1. The lowest BCUT2D eigenvalue weighted by Crippen LogP contribution is -2.11. The minimum absolute atomic E-state index is 0.241. The Morgan fingerprint density at radius 1 is 1.44 bits per heavy atom. The van der Waals surface area contributed by atoms with Crippen molar-refractivity contribution in [2.45, 2.75) is 0 Å². The van der Waals surface area contributed by atoms with Crippen LogP contribution in [0.25, 0.3) is 0 Å². The second-order valence-corrected chi connectivity index (χ2v) is 4.62. The maximum atomic E-state index is 11.7. The van der Waals surface area contributed by atoms with Gasteiger partial charge >= 0.3 is 0 Å². The van der Waals surface area contributed by atoms with Gasteiger partial charge in [0.1, 0.15) is 10.9 Å². The van der Waals surface area contributed by atoms with Crippen LogP contribution < -0.4 is 5.32 Å². The molecule has 82 valence electrons. The fourth-order valence-corrected chi connectivity index (χ4v) is 1.75. The van der Waals surface area contributed by atoms with Crippen LogP contribution in [0.15, 0.2) is 44.3 Å². The standard InChI is InChI=1S/C10H6Br2N2O2/c11-7-3-8(9(12)13-4-7)14-10(15)6-1-2-16-5-6/h1-5H,(H,14,15). The number of hydrogen-bond acceptors (Lipinski definition) is 3. The molecule has 6 heteroatoms. The van der Waals surface area contributed by atoms with E-state index in [1.54, 1.807) is 18.3 Å². The van der Waals surface area contributed by atoms with Crippen molar-refractivity contribution >= 4 is 43.5 Å². The van der Waals surface area contributed by atoms with Crippen molar-refractivity contribution < 1.29 is 9.21 Å². The molecule has 0 aromatic carbocycles. The molecule has 0 atom stereocenters. The smallest absolute Gasteiger partial charge is 0.258 e. The predicted molar refractivity (Wildman–Crippen MR) is 66.3 cm³/mol. The number of nitrogens with one attached hydrogen (secondary N) is 1. The molecule has 2 heterocycles. The van der Waals surface area contributed by atoms with Crippen LogP contribution >= 0.6 is 31.9 Å². The summed E-state index contributed by atoms with van der Waals surface area (Å²) in [6.07, 6.45) is 4.47. The van der Waals surface area contributed by atoms with Crippen LogP contribution in [0, 0.1) is 0 Å². The Balaban J connectivity index is 2.21. The lowest BCUT2D eigenvalue weighted by molar-refractivity contribution is 0.102. The lowest BCUT2D eigenvalue weighted by Gasteiger charge is -2.05. The zero-order valence-electron chi connectivity index (χ0n) is 7.91. The summed E-state index contributed by atoms with van der Waals surface area (Å²) in [5.74, 6) is -0.241. The average molecular weight is 346 g/mol. The van der Waals surface area contributed by atoms with E-state index in [9.17, 15) is 4.79 Å². The molecule has 0 unspecified atom stereocenters. The molecule has 0 radical (unpaired) electrons. The van der Waals surface area contributed by atoms with Crippen molar-refractivity contribution in [1.82, 2.24) is 4.98 Å². The topological polar surface area (TPSA) is 55.1 Å². The molecule has 0 fully saturated rings. The zero-order valence-corrected chi connectivity index (χ0v) is 11.1. The van der Waals surface area contributed by atoms with E-state index in [-0.39, 0.29) is 5.91 Å². The lowest BCUT2D eigenvalue weighted by atomic mass is 10.3. The van der Waals surface area contributed by atoms with Crippen LogP contribution in [-0.2, 0) is 0 Å². The third-order valence-electron chi connectivity index (χ3n) is 1.84. The SMILES string of the molecule is O=C(Nc1cc(Br)cnc1Br)c1ccoc1. The highest BCUT2D eigenvalue weighted by Crippen LogP contribution is 2.23. The summed E-state index contributed by atoms with van der Waals surface area (Å²) in [6.45, 7) is 0. The summed E-state index contributed by atoms with van der Waals surface area (Å²) >= 11 is 6.53. The Kier molecular flexibility index (Phi) is 3.40. The number of furan rings is 1. The highest BCUT2D eigenvalue weighted by Gasteiger charge is 2.10. The molecule has 0 saturated carbocycles. The van der Waals surface area contributed by atoms with Gasteiger partial charge in [0.25, 0.3) is 5.91 Å². The Labute approximate surface area is 108 Å². The number of nitrogens with zero attached hydrogens (tertiary/aromatic N) is 1. The van der Waals surface area contributed by atoms with Gasteiger partial charge in [-0.3, -0.25) is 4.79 Å². The summed E-state index contributed by atoms with van der Waals surface area (Å²) < 4.78 is 6.20. The van der Waals surface area contributed by atoms with E-state index >= 15 is 0 Å². The number of rotatable bonds is 2. The Morgan fingerprint density at radius 3 is 2.94 bits per heavy atom. The first-order chi connectivity index (χ1) is 7.66.